The SMILES string of the molecule is COc1ccccc1CN1C[C@@H]2[C@H](COc3ccncc3)CO[C@@H]2C1.O=C(O)C(F)(F)F.O=C(O)C(F)(F)F. The van der Waals surface area contributed by atoms with Crippen LogP contribution in [0.2, 0.25) is 0 Å². The molecule has 0 radical (unpaired) electrons. The Morgan fingerprint density at radius 2 is 1.56 bits per heavy atom. The van der Waals surface area contributed by atoms with Crippen LogP contribution in [0.25, 0.3) is 0 Å². The van der Waals surface area contributed by atoms with Gasteiger partial charge in [-0.15, -0.1) is 0 Å². The van der Waals surface area contributed by atoms with Gasteiger partial charge in [0.1, 0.15) is 11.5 Å². The Morgan fingerprint density at radius 1 is 1.00 bits per heavy atom. The first kappa shape index (κ1) is 31.6. The lowest BCUT2D eigenvalue weighted by molar-refractivity contribution is -0.193. The molecule has 4 rings (SSSR count). The van der Waals surface area contributed by atoms with Gasteiger partial charge in [0.2, 0.25) is 0 Å². The number of hydrogen-bond donors (Lipinski definition) is 2. The third-order valence-corrected chi connectivity index (χ3v) is 5.70. The van der Waals surface area contributed by atoms with Crippen molar-refractivity contribution in [2.45, 2.75) is 25.0 Å². The molecule has 2 saturated heterocycles. The van der Waals surface area contributed by atoms with Crippen molar-refractivity contribution in [2.75, 3.05) is 33.4 Å². The molecule has 3 heterocycles. The normalized spacial score (nSPS) is 20.5. The number of likely N-dealkylation sites (tertiary alicyclic amines) is 1. The van der Waals surface area contributed by atoms with Crippen molar-refractivity contribution in [3.05, 3.63) is 54.4 Å². The first-order valence-electron chi connectivity index (χ1n) is 11.3. The number of ether oxygens (including phenoxy) is 3. The third kappa shape index (κ3) is 10.2. The molecule has 1 aromatic carbocycles. The molecule has 0 unspecified atom stereocenters. The fraction of sp³-hybridized carbons (Fsp3) is 0.458. The third-order valence-electron chi connectivity index (χ3n) is 5.70. The van der Waals surface area contributed by atoms with E-state index in [4.69, 9.17) is 34.0 Å². The van der Waals surface area contributed by atoms with Crippen LogP contribution >= 0.6 is 0 Å². The van der Waals surface area contributed by atoms with Gasteiger partial charge in [-0.1, -0.05) is 18.2 Å². The number of halogens is 6. The molecule has 9 nitrogen and oxygen atoms in total. The maximum Gasteiger partial charge on any atom is 0.490 e. The molecule has 2 aromatic rings. The number of nitrogens with zero attached hydrogens (tertiary/aromatic N) is 2. The molecular formula is C24H26F6N2O7. The molecular weight excluding hydrogens is 542 g/mol. The van der Waals surface area contributed by atoms with Gasteiger partial charge in [-0.05, 0) is 18.2 Å². The Kier molecular flexibility index (Phi) is 11.3. The Balaban J connectivity index is 0.000000317. The summed E-state index contributed by atoms with van der Waals surface area (Å²) in [7, 11) is 1.73. The van der Waals surface area contributed by atoms with Gasteiger partial charge in [-0.2, -0.15) is 26.3 Å². The molecule has 2 aliphatic rings. The van der Waals surface area contributed by atoms with Crippen LogP contribution in [0.5, 0.6) is 11.5 Å². The van der Waals surface area contributed by atoms with E-state index in [1.54, 1.807) is 19.5 Å². The number of benzene rings is 1. The molecule has 0 saturated carbocycles. The summed E-state index contributed by atoms with van der Waals surface area (Å²) in [5.41, 5.74) is 1.23. The van der Waals surface area contributed by atoms with Crippen molar-refractivity contribution >= 4 is 11.9 Å². The highest BCUT2D eigenvalue weighted by molar-refractivity contribution is 5.73. The van der Waals surface area contributed by atoms with Crippen molar-refractivity contribution in [1.82, 2.24) is 9.88 Å². The van der Waals surface area contributed by atoms with Crippen LogP contribution in [-0.4, -0.2) is 83.9 Å². The van der Waals surface area contributed by atoms with Crippen LogP contribution in [0.15, 0.2) is 48.8 Å². The average Bonchev–Trinajstić information content (AvgIpc) is 3.44. The van der Waals surface area contributed by atoms with Gasteiger partial charge in [0.25, 0.3) is 0 Å². The van der Waals surface area contributed by atoms with Gasteiger partial charge in [-0.25, -0.2) is 9.59 Å². The molecule has 2 aliphatic heterocycles. The van der Waals surface area contributed by atoms with Crippen LogP contribution in [0.3, 0.4) is 0 Å². The van der Waals surface area contributed by atoms with Gasteiger partial charge in [0.15, 0.2) is 0 Å². The first-order valence-corrected chi connectivity index (χ1v) is 11.3. The summed E-state index contributed by atoms with van der Waals surface area (Å²) >= 11 is 0. The Morgan fingerprint density at radius 3 is 2.10 bits per heavy atom. The zero-order valence-corrected chi connectivity index (χ0v) is 20.5. The number of alkyl halides is 6. The number of methoxy groups -OCH3 is 1. The lowest BCUT2D eigenvalue weighted by atomic mass is 9.94. The predicted molar refractivity (Wildman–Crippen MR) is 122 cm³/mol. The zero-order chi connectivity index (χ0) is 29.2. The van der Waals surface area contributed by atoms with Gasteiger partial charge in [0, 0.05) is 49.4 Å². The monoisotopic (exact) mass is 568 g/mol. The number of fused-ring (bicyclic) bond motifs is 1. The number of aromatic nitrogens is 1. The zero-order valence-electron chi connectivity index (χ0n) is 20.5. The Hall–Kier alpha value is -3.59. The summed E-state index contributed by atoms with van der Waals surface area (Å²) < 4.78 is 80.9. The quantitative estimate of drug-likeness (QED) is 0.501. The maximum absolute atomic E-state index is 10.6. The predicted octanol–water partition coefficient (Wildman–Crippen LogP) is 3.88. The minimum absolute atomic E-state index is 0.320. The Labute approximate surface area is 218 Å². The lowest BCUT2D eigenvalue weighted by Crippen LogP contribution is -2.26. The number of aliphatic carboxylic acids is 2. The smallest absolute Gasteiger partial charge is 0.490 e. The van der Waals surface area contributed by atoms with Gasteiger partial charge in [0.05, 0.1) is 26.4 Å². The van der Waals surface area contributed by atoms with Crippen LogP contribution in [0.4, 0.5) is 26.3 Å². The molecule has 216 valence electrons. The number of para-hydroxylation sites is 1. The molecule has 0 aliphatic carbocycles. The van der Waals surface area contributed by atoms with Crippen LogP contribution in [0.1, 0.15) is 5.56 Å². The minimum Gasteiger partial charge on any atom is -0.496 e. The molecule has 0 amide bonds. The van der Waals surface area contributed by atoms with E-state index in [0.717, 1.165) is 37.7 Å². The first-order chi connectivity index (χ1) is 18.2. The second-order valence-electron chi connectivity index (χ2n) is 8.40. The summed E-state index contributed by atoms with van der Waals surface area (Å²) in [4.78, 5) is 24.3. The van der Waals surface area contributed by atoms with Crippen molar-refractivity contribution in [3.63, 3.8) is 0 Å². The van der Waals surface area contributed by atoms with Crippen molar-refractivity contribution < 1.29 is 60.4 Å². The second-order valence-corrected chi connectivity index (χ2v) is 8.40. The molecule has 1 aromatic heterocycles. The van der Waals surface area contributed by atoms with Crippen molar-refractivity contribution in [2.24, 2.45) is 11.8 Å². The largest absolute Gasteiger partial charge is 0.496 e. The van der Waals surface area contributed by atoms with Crippen molar-refractivity contribution in [3.8, 4) is 11.5 Å². The van der Waals surface area contributed by atoms with Gasteiger partial charge in [-0.3, -0.25) is 9.88 Å². The van der Waals surface area contributed by atoms with E-state index in [2.05, 4.69) is 22.0 Å². The summed E-state index contributed by atoms with van der Waals surface area (Å²) in [5, 5.41) is 14.2. The molecule has 3 atom stereocenters. The van der Waals surface area contributed by atoms with E-state index in [1.165, 1.54) is 5.56 Å². The van der Waals surface area contributed by atoms with E-state index in [-0.39, 0.29) is 0 Å². The molecule has 15 heteroatoms. The summed E-state index contributed by atoms with van der Waals surface area (Å²) in [6.07, 6.45) is -6.33. The van der Waals surface area contributed by atoms with E-state index < -0.39 is 24.3 Å². The molecule has 39 heavy (non-hydrogen) atoms. The highest BCUT2D eigenvalue weighted by Crippen LogP contribution is 2.35. The van der Waals surface area contributed by atoms with Crippen LogP contribution in [0, 0.1) is 11.8 Å². The molecule has 2 N–H and O–H groups in total. The molecule has 0 spiro atoms. The number of carbonyl (C=O) groups is 2. The Bertz CT molecular complexity index is 1040. The van der Waals surface area contributed by atoms with Gasteiger partial charge < -0.3 is 24.4 Å². The summed E-state index contributed by atoms with van der Waals surface area (Å²) in [6, 6.07) is 12.0. The van der Waals surface area contributed by atoms with Crippen molar-refractivity contribution in [1.29, 1.82) is 0 Å². The number of carboxylic acids is 2. The molecule has 0 bridgehead atoms. The fourth-order valence-electron chi connectivity index (χ4n) is 3.89. The second kappa shape index (κ2) is 14.0. The van der Waals surface area contributed by atoms with Crippen LogP contribution in [-0.2, 0) is 20.9 Å². The van der Waals surface area contributed by atoms with E-state index in [0.29, 0.717) is 24.5 Å². The fourth-order valence-corrected chi connectivity index (χ4v) is 3.89. The number of rotatable bonds is 6. The van der Waals surface area contributed by atoms with E-state index >= 15 is 0 Å². The topological polar surface area (TPSA) is 118 Å². The molecule has 2 fully saturated rings. The highest BCUT2D eigenvalue weighted by atomic mass is 19.4. The van der Waals surface area contributed by atoms with Crippen LogP contribution < -0.4 is 9.47 Å². The lowest BCUT2D eigenvalue weighted by Gasteiger charge is -2.20. The van der Waals surface area contributed by atoms with E-state index in [9.17, 15) is 26.3 Å². The highest BCUT2D eigenvalue weighted by Gasteiger charge is 2.44. The summed E-state index contributed by atoms with van der Waals surface area (Å²) in [5.74, 6) is -2.70. The maximum atomic E-state index is 10.6. The van der Waals surface area contributed by atoms with Gasteiger partial charge >= 0.3 is 24.3 Å². The van der Waals surface area contributed by atoms with E-state index in [1.807, 2.05) is 24.3 Å². The minimum atomic E-state index is -5.08. The number of hydrogen-bond acceptors (Lipinski definition) is 7. The standard InChI is InChI=1S/C20H24N2O3.2C2HF3O2/c1-23-19-5-3-2-4-15(19)10-22-11-18-16(14-25-20(18)12-22)13-24-17-6-8-21-9-7-17;2*3-2(4,5)1(6)7/h2-9,16,18,20H,10-14H2,1H3;2*(H,6,7)/t16-,18-,20-;;/m1../s1. The average molecular weight is 568 g/mol. The summed E-state index contributed by atoms with van der Waals surface area (Å²) in [6.45, 7) is 4.43. The number of pyridine rings is 1. The number of carboxylic acid groups (broad SMARTS) is 2.